The van der Waals surface area contributed by atoms with Crippen molar-refractivity contribution in [2.24, 2.45) is 0 Å². The van der Waals surface area contributed by atoms with Gasteiger partial charge in [0.15, 0.2) is 5.69 Å². The predicted molar refractivity (Wildman–Crippen MR) is 97.3 cm³/mol. The number of benzene rings is 2. The molecule has 2 amide bonds. The maximum absolute atomic E-state index is 12.5. The Morgan fingerprint density at radius 2 is 1.76 bits per heavy atom. The van der Waals surface area contributed by atoms with Gasteiger partial charge >= 0.3 is 0 Å². The SMILES string of the molecule is CC(=O)Nc1cc(C(=O)Nc2cccc(Cl)c2)nn1-c1ccccc1. The molecule has 25 heavy (non-hydrogen) atoms. The number of nitrogens with one attached hydrogen (secondary N) is 2. The van der Waals surface area contributed by atoms with E-state index in [9.17, 15) is 9.59 Å². The first-order valence-electron chi connectivity index (χ1n) is 7.53. The molecule has 1 aromatic heterocycles. The highest BCUT2D eigenvalue weighted by atomic mass is 35.5. The lowest BCUT2D eigenvalue weighted by Gasteiger charge is -2.06. The molecular weight excluding hydrogens is 340 g/mol. The first-order chi connectivity index (χ1) is 12.0. The summed E-state index contributed by atoms with van der Waals surface area (Å²) < 4.78 is 1.51. The first kappa shape index (κ1) is 16.7. The van der Waals surface area contributed by atoms with Crippen molar-refractivity contribution in [2.45, 2.75) is 6.92 Å². The number of anilines is 2. The van der Waals surface area contributed by atoms with E-state index in [1.807, 2.05) is 30.3 Å². The summed E-state index contributed by atoms with van der Waals surface area (Å²) in [5.41, 5.74) is 1.47. The number of para-hydroxylation sites is 1. The highest BCUT2D eigenvalue weighted by Crippen LogP contribution is 2.19. The quantitative estimate of drug-likeness (QED) is 0.749. The van der Waals surface area contributed by atoms with Crippen LogP contribution in [-0.2, 0) is 4.79 Å². The van der Waals surface area contributed by atoms with Crippen molar-refractivity contribution >= 4 is 34.9 Å². The molecule has 3 aromatic rings. The van der Waals surface area contributed by atoms with Gasteiger partial charge in [0.2, 0.25) is 5.91 Å². The number of carbonyl (C=O) groups is 2. The molecule has 0 aliphatic heterocycles. The van der Waals surface area contributed by atoms with Crippen LogP contribution in [0, 0.1) is 0 Å². The van der Waals surface area contributed by atoms with E-state index in [0.29, 0.717) is 16.5 Å². The summed E-state index contributed by atoms with van der Waals surface area (Å²) in [5, 5.41) is 10.2. The Bertz CT molecular complexity index is 922. The van der Waals surface area contributed by atoms with E-state index in [1.54, 1.807) is 24.3 Å². The molecule has 1 heterocycles. The zero-order chi connectivity index (χ0) is 17.8. The molecule has 0 saturated carbocycles. The molecular formula is C18H15ClN4O2. The van der Waals surface area contributed by atoms with Gasteiger partial charge in [-0.15, -0.1) is 0 Å². The molecule has 2 aromatic carbocycles. The minimum Gasteiger partial charge on any atom is -0.321 e. The van der Waals surface area contributed by atoms with Crippen molar-refractivity contribution < 1.29 is 9.59 Å². The molecule has 2 N–H and O–H groups in total. The van der Waals surface area contributed by atoms with Crippen LogP contribution in [-0.4, -0.2) is 21.6 Å². The largest absolute Gasteiger partial charge is 0.321 e. The third-order valence-electron chi connectivity index (χ3n) is 3.33. The van der Waals surface area contributed by atoms with Gasteiger partial charge in [0.05, 0.1) is 5.69 Å². The molecule has 0 atom stereocenters. The van der Waals surface area contributed by atoms with Gasteiger partial charge in [0.1, 0.15) is 5.82 Å². The van der Waals surface area contributed by atoms with E-state index < -0.39 is 5.91 Å². The van der Waals surface area contributed by atoms with E-state index in [2.05, 4.69) is 15.7 Å². The number of rotatable bonds is 4. The molecule has 0 fully saturated rings. The molecule has 7 heteroatoms. The fourth-order valence-corrected chi connectivity index (χ4v) is 2.48. The standard InChI is InChI=1S/C18H15ClN4O2/c1-12(24)20-17-11-16(22-23(17)15-8-3-2-4-9-15)18(25)21-14-7-5-6-13(19)10-14/h2-11H,1H3,(H,20,24)(H,21,25). The van der Waals surface area contributed by atoms with E-state index in [1.165, 1.54) is 17.7 Å². The number of hydrogen-bond acceptors (Lipinski definition) is 3. The average molecular weight is 355 g/mol. The average Bonchev–Trinajstić information content (AvgIpc) is 2.99. The minimum atomic E-state index is -0.399. The van der Waals surface area contributed by atoms with Crippen LogP contribution in [0.25, 0.3) is 5.69 Å². The maximum atomic E-state index is 12.5. The number of aromatic nitrogens is 2. The van der Waals surface area contributed by atoms with Crippen LogP contribution < -0.4 is 10.6 Å². The summed E-state index contributed by atoms with van der Waals surface area (Å²) in [7, 11) is 0. The fourth-order valence-electron chi connectivity index (χ4n) is 2.29. The van der Waals surface area contributed by atoms with Gasteiger partial charge in [-0.1, -0.05) is 35.9 Å². The van der Waals surface area contributed by atoms with Crippen molar-refractivity contribution in [3.05, 3.63) is 71.4 Å². The Morgan fingerprint density at radius 3 is 2.44 bits per heavy atom. The lowest BCUT2D eigenvalue weighted by atomic mass is 10.3. The van der Waals surface area contributed by atoms with Crippen molar-refractivity contribution in [2.75, 3.05) is 10.6 Å². The Balaban J connectivity index is 1.92. The van der Waals surface area contributed by atoms with Crippen LogP contribution >= 0.6 is 11.6 Å². The van der Waals surface area contributed by atoms with E-state index >= 15 is 0 Å². The Morgan fingerprint density at radius 1 is 1.00 bits per heavy atom. The van der Waals surface area contributed by atoms with Crippen molar-refractivity contribution in [1.82, 2.24) is 9.78 Å². The first-order valence-corrected chi connectivity index (χ1v) is 7.91. The normalized spacial score (nSPS) is 10.3. The van der Waals surface area contributed by atoms with Gasteiger partial charge in [-0.2, -0.15) is 5.10 Å². The Labute approximate surface area is 149 Å². The fraction of sp³-hybridized carbons (Fsp3) is 0.0556. The van der Waals surface area contributed by atoms with Gasteiger partial charge in [0.25, 0.3) is 5.91 Å². The number of hydrogen-bond donors (Lipinski definition) is 2. The van der Waals surface area contributed by atoms with Crippen molar-refractivity contribution in [3.8, 4) is 5.69 Å². The summed E-state index contributed by atoms with van der Waals surface area (Å²) in [6, 6.07) is 17.6. The monoisotopic (exact) mass is 354 g/mol. The highest BCUT2D eigenvalue weighted by molar-refractivity contribution is 6.30. The number of halogens is 1. The zero-order valence-electron chi connectivity index (χ0n) is 13.4. The van der Waals surface area contributed by atoms with Crippen molar-refractivity contribution in [1.29, 1.82) is 0 Å². The van der Waals surface area contributed by atoms with Crippen LogP contribution in [0.5, 0.6) is 0 Å². The summed E-state index contributed by atoms with van der Waals surface area (Å²) >= 11 is 5.92. The number of carbonyl (C=O) groups excluding carboxylic acids is 2. The second-order valence-corrected chi connectivity index (χ2v) is 5.74. The number of amides is 2. The molecule has 0 spiro atoms. The zero-order valence-corrected chi connectivity index (χ0v) is 14.1. The Hall–Kier alpha value is -3.12. The lowest BCUT2D eigenvalue weighted by molar-refractivity contribution is -0.114. The van der Waals surface area contributed by atoms with Crippen LogP contribution in [0.15, 0.2) is 60.7 Å². The molecule has 0 aliphatic carbocycles. The lowest BCUT2D eigenvalue weighted by Crippen LogP contribution is -2.13. The molecule has 6 nitrogen and oxygen atoms in total. The second kappa shape index (κ2) is 7.19. The molecule has 0 bridgehead atoms. The maximum Gasteiger partial charge on any atom is 0.276 e. The van der Waals surface area contributed by atoms with E-state index in [0.717, 1.165) is 5.69 Å². The smallest absolute Gasteiger partial charge is 0.276 e. The van der Waals surface area contributed by atoms with Gasteiger partial charge in [0, 0.05) is 23.7 Å². The van der Waals surface area contributed by atoms with Crippen molar-refractivity contribution in [3.63, 3.8) is 0 Å². The van der Waals surface area contributed by atoms with Gasteiger partial charge in [-0.05, 0) is 30.3 Å². The second-order valence-electron chi connectivity index (χ2n) is 5.31. The van der Waals surface area contributed by atoms with Crippen LogP contribution in [0.1, 0.15) is 17.4 Å². The third kappa shape index (κ3) is 4.05. The van der Waals surface area contributed by atoms with Crippen LogP contribution in [0.2, 0.25) is 5.02 Å². The number of nitrogens with zero attached hydrogens (tertiary/aromatic N) is 2. The minimum absolute atomic E-state index is 0.174. The molecule has 126 valence electrons. The van der Waals surface area contributed by atoms with E-state index in [-0.39, 0.29) is 11.6 Å². The summed E-state index contributed by atoms with van der Waals surface area (Å²) in [4.78, 5) is 23.9. The van der Waals surface area contributed by atoms with Crippen LogP contribution in [0.3, 0.4) is 0 Å². The highest BCUT2D eigenvalue weighted by Gasteiger charge is 2.16. The summed E-state index contributed by atoms with van der Waals surface area (Å²) in [6.07, 6.45) is 0. The summed E-state index contributed by atoms with van der Waals surface area (Å²) in [5.74, 6) is -0.239. The Kier molecular flexibility index (Phi) is 4.81. The van der Waals surface area contributed by atoms with E-state index in [4.69, 9.17) is 11.6 Å². The predicted octanol–water partition coefficient (Wildman–Crippen LogP) is 3.74. The molecule has 0 radical (unpaired) electrons. The topological polar surface area (TPSA) is 76.0 Å². The summed E-state index contributed by atoms with van der Waals surface area (Å²) in [6.45, 7) is 1.40. The molecule has 0 unspecified atom stereocenters. The van der Waals surface area contributed by atoms with Crippen LogP contribution in [0.4, 0.5) is 11.5 Å². The van der Waals surface area contributed by atoms with Gasteiger partial charge < -0.3 is 10.6 Å². The van der Waals surface area contributed by atoms with Gasteiger partial charge in [-0.3, -0.25) is 9.59 Å². The molecule has 3 rings (SSSR count). The molecule has 0 aliphatic rings. The third-order valence-corrected chi connectivity index (χ3v) is 3.56. The van der Waals surface area contributed by atoms with Gasteiger partial charge in [-0.25, -0.2) is 4.68 Å². The molecule has 0 saturated heterocycles.